The maximum atomic E-state index is 12.8. The fourth-order valence-electron chi connectivity index (χ4n) is 4.37. The number of halogens is 1. The summed E-state index contributed by atoms with van der Waals surface area (Å²) in [5.41, 5.74) is 1.43. The molecule has 0 radical (unpaired) electrons. The number of ketones is 2. The summed E-state index contributed by atoms with van der Waals surface area (Å²) in [4.78, 5) is 25.5. The number of hydrogen-bond acceptors (Lipinski definition) is 5. The molecule has 0 saturated carbocycles. The summed E-state index contributed by atoms with van der Waals surface area (Å²) in [6, 6.07) is 14.9. The van der Waals surface area contributed by atoms with E-state index in [9.17, 15) is 14.7 Å². The summed E-state index contributed by atoms with van der Waals surface area (Å²) >= 11 is 3.42. The molecule has 6 heteroatoms. The van der Waals surface area contributed by atoms with Gasteiger partial charge >= 0.3 is 0 Å². The summed E-state index contributed by atoms with van der Waals surface area (Å²) in [6.45, 7) is 4.64. The molecule has 30 heavy (non-hydrogen) atoms. The van der Waals surface area contributed by atoms with Crippen molar-refractivity contribution in [3.05, 3.63) is 69.8 Å². The molecule has 0 aliphatic heterocycles. The molecule has 158 valence electrons. The molecule has 3 rings (SSSR count). The van der Waals surface area contributed by atoms with Gasteiger partial charge in [0.2, 0.25) is 0 Å². The van der Waals surface area contributed by atoms with E-state index in [1.807, 2.05) is 36.4 Å². The van der Waals surface area contributed by atoms with E-state index < -0.39 is 17.4 Å². The molecule has 0 amide bonds. The summed E-state index contributed by atoms with van der Waals surface area (Å²) in [6.07, 6.45) is 0.175. The van der Waals surface area contributed by atoms with Crippen molar-refractivity contribution < 1.29 is 19.4 Å². The summed E-state index contributed by atoms with van der Waals surface area (Å²) < 4.78 is 6.19. The van der Waals surface area contributed by atoms with Crippen LogP contribution in [-0.2, 0) is 9.59 Å². The van der Waals surface area contributed by atoms with Gasteiger partial charge in [-0.15, -0.1) is 0 Å². The third-order valence-electron chi connectivity index (χ3n) is 5.61. The Morgan fingerprint density at radius 3 is 2.20 bits per heavy atom. The van der Waals surface area contributed by atoms with Gasteiger partial charge in [0.05, 0.1) is 18.6 Å². The van der Waals surface area contributed by atoms with Crippen molar-refractivity contribution in [3.8, 4) is 5.75 Å². The number of carbonyl (C=O) groups is 2. The highest BCUT2D eigenvalue weighted by molar-refractivity contribution is 9.10. The highest BCUT2D eigenvalue weighted by Gasteiger charge is 2.49. The fraction of sp³-hybridized carbons (Fsp3) is 0.333. The molecule has 5 nitrogen and oxygen atoms in total. The van der Waals surface area contributed by atoms with Gasteiger partial charge in [0.1, 0.15) is 11.5 Å². The highest BCUT2D eigenvalue weighted by Crippen LogP contribution is 2.48. The Morgan fingerprint density at radius 1 is 1.10 bits per heavy atom. The van der Waals surface area contributed by atoms with Gasteiger partial charge in [-0.2, -0.15) is 0 Å². The molecule has 3 atom stereocenters. The van der Waals surface area contributed by atoms with Crippen molar-refractivity contribution in [2.75, 3.05) is 12.4 Å². The van der Waals surface area contributed by atoms with E-state index in [1.54, 1.807) is 26.2 Å². The minimum atomic E-state index is -1.31. The standard InChI is InChI=1S/C24H26BrNO4/c1-14(27)21-20(26-18-9-7-17(25)8-10-18)13-24(3,29)23(15(2)28)22(21)16-5-11-19(30-4)12-6-16/h5-12,22-23,26,29H,13H2,1-4H3/t22-,23+,24-/m1/s1. The molecule has 2 aromatic carbocycles. The van der Waals surface area contributed by atoms with Gasteiger partial charge in [-0.1, -0.05) is 28.1 Å². The molecule has 0 saturated heterocycles. The Labute approximate surface area is 185 Å². The van der Waals surface area contributed by atoms with E-state index in [2.05, 4.69) is 21.2 Å². The van der Waals surface area contributed by atoms with E-state index in [-0.39, 0.29) is 18.0 Å². The SMILES string of the molecule is COc1ccc([C@@H]2C(C(C)=O)=C(Nc3ccc(Br)cc3)C[C@@](C)(O)[C@H]2C(C)=O)cc1. The lowest BCUT2D eigenvalue weighted by atomic mass is 9.64. The van der Waals surface area contributed by atoms with Crippen LogP contribution in [0.1, 0.15) is 38.7 Å². The Morgan fingerprint density at radius 2 is 1.70 bits per heavy atom. The number of rotatable bonds is 6. The van der Waals surface area contributed by atoms with Crippen LogP contribution in [0.2, 0.25) is 0 Å². The largest absolute Gasteiger partial charge is 0.497 e. The van der Waals surface area contributed by atoms with Crippen LogP contribution in [0, 0.1) is 5.92 Å². The van der Waals surface area contributed by atoms with Crippen molar-refractivity contribution in [1.82, 2.24) is 0 Å². The second-order valence-electron chi connectivity index (χ2n) is 7.95. The minimum Gasteiger partial charge on any atom is -0.497 e. The monoisotopic (exact) mass is 471 g/mol. The van der Waals surface area contributed by atoms with Crippen LogP contribution in [-0.4, -0.2) is 29.4 Å². The number of benzene rings is 2. The number of aliphatic hydroxyl groups is 1. The van der Waals surface area contributed by atoms with E-state index in [1.165, 1.54) is 13.8 Å². The predicted octanol–water partition coefficient (Wildman–Crippen LogP) is 4.86. The number of hydrogen-bond donors (Lipinski definition) is 2. The zero-order valence-electron chi connectivity index (χ0n) is 17.5. The Bertz CT molecular complexity index is 977. The second kappa shape index (κ2) is 8.74. The lowest BCUT2D eigenvalue weighted by Crippen LogP contribution is -2.48. The van der Waals surface area contributed by atoms with Crippen LogP contribution < -0.4 is 10.1 Å². The van der Waals surface area contributed by atoms with Crippen LogP contribution in [0.5, 0.6) is 5.75 Å². The number of Topliss-reactive ketones (excluding diaryl/α,β-unsaturated/α-hetero) is 2. The number of carbonyl (C=O) groups excluding carboxylic acids is 2. The van der Waals surface area contributed by atoms with Crippen LogP contribution in [0.15, 0.2) is 64.3 Å². The topological polar surface area (TPSA) is 75.6 Å². The van der Waals surface area contributed by atoms with E-state index in [0.29, 0.717) is 17.0 Å². The molecular weight excluding hydrogens is 446 g/mol. The maximum absolute atomic E-state index is 12.8. The van der Waals surface area contributed by atoms with Crippen molar-refractivity contribution in [1.29, 1.82) is 0 Å². The van der Waals surface area contributed by atoms with Gasteiger partial charge in [0, 0.05) is 33.8 Å². The zero-order chi connectivity index (χ0) is 22.1. The zero-order valence-corrected chi connectivity index (χ0v) is 19.1. The Kier molecular flexibility index (Phi) is 6.48. The average molecular weight is 472 g/mol. The molecule has 1 aliphatic carbocycles. The van der Waals surface area contributed by atoms with Gasteiger partial charge in [-0.05, 0) is 62.7 Å². The molecule has 0 heterocycles. The molecule has 0 bridgehead atoms. The van der Waals surface area contributed by atoms with Crippen LogP contribution >= 0.6 is 15.9 Å². The van der Waals surface area contributed by atoms with E-state index in [0.717, 1.165) is 15.7 Å². The van der Waals surface area contributed by atoms with Gasteiger partial charge in [0.25, 0.3) is 0 Å². The van der Waals surface area contributed by atoms with Crippen molar-refractivity contribution in [3.63, 3.8) is 0 Å². The van der Waals surface area contributed by atoms with Crippen molar-refractivity contribution >= 4 is 33.2 Å². The van der Waals surface area contributed by atoms with E-state index in [4.69, 9.17) is 4.74 Å². The van der Waals surface area contributed by atoms with Crippen molar-refractivity contribution in [2.24, 2.45) is 5.92 Å². The number of methoxy groups -OCH3 is 1. The van der Waals surface area contributed by atoms with Crippen LogP contribution in [0.4, 0.5) is 5.69 Å². The molecule has 1 aliphatic rings. The normalized spacial score (nSPS) is 23.8. The van der Waals surface area contributed by atoms with Crippen molar-refractivity contribution in [2.45, 2.75) is 38.7 Å². The molecule has 0 fully saturated rings. The molecular formula is C24H26BrNO4. The molecule has 2 aromatic rings. The lowest BCUT2D eigenvalue weighted by Gasteiger charge is -2.43. The first-order chi connectivity index (χ1) is 14.1. The molecule has 0 aromatic heterocycles. The first-order valence-corrected chi connectivity index (χ1v) is 10.6. The average Bonchev–Trinajstić information content (AvgIpc) is 2.68. The third-order valence-corrected chi connectivity index (χ3v) is 6.13. The number of nitrogens with one attached hydrogen (secondary N) is 1. The minimum absolute atomic E-state index is 0.128. The van der Waals surface area contributed by atoms with Gasteiger partial charge < -0.3 is 15.2 Å². The second-order valence-corrected chi connectivity index (χ2v) is 8.87. The molecule has 0 unspecified atom stereocenters. The lowest BCUT2D eigenvalue weighted by molar-refractivity contribution is -0.131. The first-order valence-electron chi connectivity index (χ1n) is 9.77. The predicted molar refractivity (Wildman–Crippen MR) is 121 cm³/mol. The molecule has 0 spiro atoms. The highest BCUT2D eigenvalue weighted by atomic mass is 79.9. The quantitative estimate of drug-likeness (QED) is 0.629. The van der Waals surface area contributed by atoms with Gasteiger partial charge in [0.15, 0.2) is 5.78 Å². The first kappa shape index (κ1) is 22.2. The Hall–Kier alpha value is -2.44. The Balaban J connectivity index is 2.18. The van der Waals surface area contributed by atoms with E-state index >= 15 is 0 Å². The van der Waals surface area contributed by atoms with Crippen LogP contribution in [0.3, 0.4) is 0 Å². The number of ether oxygens (including phenoxy) is 1. The van der Waals surface area contributed by atoms with Gasteiger partial charge in [-0.25, -0.2) is 0 Å². The summed E-state index contributed by atoms with van der Waals surface area (Å²) in [5, 5.41) is 14.6. The molecule has 2 N–H and O–H groups in total. The third kappa shape index (κ3) is 4.50. The smallest absolute Gasteiger partial charge is 0.158 e. The van der Waals surface area contributed by atoms with Crippen LogP contribution in [0.25, 0.3) is 0 Å². The number of anilines is 1. The maximum Gasteiger partial charge on any atom is 0.158 e. The fourth-order valence-corrected chi connectivity index (χ4v) is 4.63. The summed E-state index contributed by atoms with van der Waals surface area (Å²) in [5.74, 6) is -0.894. The van der Waals surface area contributed by atoms with Gasteiger partial charge in [-0.3, -0.25) is 9.59 Å². The summed E-state index contributed by atoms with van der Waals surface area (Å²) in [7, 11) is 1.58. The number of allylic oxidation sites excluding steroid dienone is 1.